The zero-order chi connectivity index (χ0) is 20.4. The molecule has 0 fully saturated rings. The van der Waals surface area contributed by atoms with Crippen molar-refractivity contribution in [1.29, 1.82) is 0 Å². The summed E-state index contributed by atoms with van der Waals surface area (Å²) in [5, 5.41) is 2.39. The third kappa shape index (κ3) is 3.71. The zero-order valence-electron chi connectivity index (χ0n) is 15.1. The van der Waals surface area contributed by atoms with E-state index in [1.54, 1.807) is 59.1 Å². The topological polar surface area (TPSA) is 46.4 Å². The van der Waals surface area contributed by atoms with Crippen LogP contribution in [-0.4, -0.2) is 21.7 Å². The Balaban J connectivity index is 1.74. The molecule has 0 saturated heterocycles. The molecule has 2 heterocycles. The van der Waals surface area contributed by atoms with Crippen molar-refractivity contribution in [2.45, 2.75) is 12.5 Å². The number of nitrogens with one attached hydrogen (secondary N) is 1. The number of carbonyl (C=O) groups excluding carboxylic acids is 1. The Hall–Kier alpha value is -3.61. The van der Waals surface area contributed by atoms with Crippen molar-refractivity contribution in [1.82, 2.24) is 14.7 Å². The average molecular weight is 395 g/mol. The fourth-order valence-corrected chi connectivity index (χ4v) is 3.17. The molecule has 0 radical (unpaired) electrons. The first-order valence-corrected chi connectivity index (χ1v) is 8.91. The van der Waals surface area contributed by atoms with E-state index in [9.17, 15) is 18.0 Å². The van der Waals surface area contributed by atoms with Crippen molar-refractivity contribution in [2.24, 2.45) is 0 Å². The van der Waals surface area contributed by atoms with Crippen LogP contribution in [0.5, 0.6) is 0 Å². The van der Waals surface area contributed by atoms with E-state index in [0.717, 1.165) is 0 Å². The van der Waals surface area contributed by atoms with Gasteiger partial charge in [0.2, 0.25) is 0 Å². The largest absolute Gasteiger partial charge is 0.338 e. The quantitative estimate of drug-likeness (QED) is 0.524. The highest BCUT2D eigenvalue weighted by atomic mass is 19.3. The van der Waals surface area contributed by atoms with Gasteiger partial charge in [0.25, 0.3) is 12.3 Å². The summed E-state index contributed by atoms with van der Waals surface area (Å²) >= 11 is 0. The smallest absolute Gasteiger partial charge is 0.272 e. The summed E-state index contributed by atoms with van der Waals surface area (Å²) in [6, 6.07) is 17.4. The average Bonchev–Trinajstić information content (AvgIpc) is 3.13. The first kappa shape index (κ1) is 18.7. The van der Waals surface area contributed by atoms with Gasteiger partial charge in [-0.25, -0.2) is 18.2 Å². The van der Waals surface area contributed by atoms with Gasteiger partial charge in [0.1, 0.15) is 17.7 Å². The summed E-state index contributed by atoms with van der Waals surface area (Å²) in [7, 11) is 0. The molecule has 1 N–H and O–H groups in total. The van der Waals surface area contributed by atoms with Gasteiger partial charge in [0, 0.05) is 11.8 Å². The number of alkyl halides is 2. The molecule has 4 nitrogen and oxygen atoms in total. The van der Waals surface area contributed by atoms with Crippen LogP contribution in [0.1, 0.15) is 22.1 Å². The van der Waals surface area contributed by atoms with Crippen molar-refractivity contribution < 1.29 is 18.0 Å². The van der Waals surface area contributed by atoms with Crippen LogP contribution in [0, 0.1) is 5.82 Å². The number of pyridine rings is 1. The lowest BCUT2D eigenvalue weighted by Gasteiger charge is -2.17. The molecule has 0 aliphatic carbocycles. The van der Waals surface area contributed by atoms with Crippen LogP contribution in [0.2, 0.25) is 0 Å². The number of carbonyl (C=O) groups is 1. The molecule has 0 aliphatic heterocycles. The van der Waals surface area contributed by atoms with Gasteiger partial charge in [-0.15, -0.1) is 0 Å². The Labute approximate surface area is 164 Å². The molecule has 0 spiro atoms. The van der Waals surface area contributed by atoms with Crippen LogP contribution in [0.3, 0.4) is 0 Å². The van der Waals surface area contributed by atoms with Gasteiger partial charge < -0.3 is 5.32 Å². The second-order valence-corrected chi connectivity index (χ2v) is 6.44. The fourth-order valence-electron chi connectivity index (χ4n) is 3.17. The van der Waals surface area contributed by atoms with E-state index in [2.05, 4.69) is 10.3 Å². The standard InChI is InChI=1S/C22H16F3N3O/c23-16-11-9-15(10-12-16)21-26-19(17-8-4-5-13-28(17)21)22(29)27-18(20(24)25)14-6-2-1-3-7-14/h1-13,18,20H,(H,27,29). The van der Waals surface area contributed by atoms with E-state index in [1.165, 1.54) is 24.3 Å². The Bertz CT molecular complexity index is 1140. The molecule has 1 atom stereocenters. The molecular weight excluding hydrogens is 379 g/mol. The number of halogens is 3. The highest BCUT2D eigenvalue weighted by molar-refractivity contribution is 6.00. The van der Waals surface area contributed by atoms with E-state index >= 15 is 0 Å². The van der Waals surface area contributed by atoms with Crippen molar-refractivity contribution in [3.8, 4) is 11.4 Å². The van der Waals surface area contributed by atoms with E-state index in [4.69, 9.17) is 0 Å². The molecule has 4 rings (SSSR count). The van der Waals surface area contributed by atoms with Gasteiger partial charge in [0.05, 0.1) is 5.52 Å². The van der Waals surface area contributed by atoms with Crippen molar-refractivity contribution in [2.75, 3.05) is 0 Å². The third-order valence-electron chi connectivity index (χ3n) is 4.56. The van der Waals surface area contributed by atoms with E-state index in [1.807, 2.05) is 0 Å². The molecule has 29 heavy (non-hydrogen) atoms. The molecule has 4 aromatic rings. The first-order valence-electron chi connectivity index (χ1n) is 8.91. The first-order chi connectivity index (χ1) is 14.0. The summed E-state index contributed by atoms with van der Waals surface area (Å²) in [4.78, 5) is 17.2. The Kier molecular flexibility index (Phi) is 5.03. The molecule has 2 aromatic carbocycles. The summed E-state index contributed by atoms with van der Waals surface area (Å²) in [6.07, 6.45) is -1.08. The number of hydrogen-bond donors (Lipinski definition) is 1. The van der Waals surface area contributed by atoms with Gasteiger partial charge in [-0.2, -0.15) is 0 Å². The van der Waals surface area contributed by atoms with Crippen LogP contribution >= 0.6 is 0 Å². The Morgan fingerprint density at radius 1 is 0.931 bits per heavy atom. The van der Waals surface area contributed by atoms with Crippen LogP contribution in [0.4, 0.5) is 13.2 Å². The van der Waals surface area contributed by atoms with Crippen LogP contribution in [0.25, 0.3) is 16.9 Å². The number of nitrogens with zero attached hydrogens (tertiary/aromatic N) is 2. The highest BCUT2D eigenvalue weighted by Crippen LogP contribution is 2.25. The number of imidazole rings is 1. The van der Waals surface area contributed by atoms with E-state index in [-0.39, 0.29) is 5.69 Å². The lowest BCUT2D eigenvalue weighted by Crippen LogP contribution is -2.33. The second kappa shape index (κ2) is 7.79. The summed E-state index contributed by atoms with van der Waals surface area (Å²) < 4.78 is 42.2. The summed E-state index contributed by atoms with van der Waals surface area (Å²) in [5.74, 6) is -0.689. The molecular formula is C22H16F3N3O. The summed E-state index contributed by atoms with van der Waals surface area (Å²) in [6.45, 7) is 0. The SMILES string of the molecule is O=C(NC(c1ccccc1)C(F)F)c1nc(-c2ccc(F)cc2)n2ccccc12. The number of rotatable bonds is 5. The van der Waals surface area contributed by atoms with E-state index < -0.39 is 24.2 Å². The molecule has 0 aliphatic rings. The maximum absolute atomic E-state index is 13.6. The molecule has 0 saturated carbocycles. The van der Waals surface area contributed by atoms with Crippen molar-refractivity contribution >= 4 is 11.4 Å². The van der Waals surface area contributed by atoms with Crippen molar-refractivity contribution in [3.63, 3.8) is 0 Å². The van der Waals surface area contributed by atoms with Gasteiger partial charge in [-0.3, -0.25) is 9.20 Å². The maximum Gasteiger partial charge on any atom is 0.272 e. The van der Waals surface area contributed by atoms with Gasteiger partial charge in [-0.05, 0) is 42.0 Å². The van der Waals surface area contributed by atoms with Gasteiger partial charge >= 0.3 is 0 Å². The summed E-state index contributed by atoms with van der Waals surface area (Å²) in [5.41, 5.74) is 1.38. The molecule has 1 amide bonds. The normalized spacial score (nSPS) is 12.3. The Morgan fingerprint density at radius 2 is 1.62 bits per heavy atom. The third-order valence-corrected chi connectivity index (χ3v) is 4.56. The minimum absolute atomic E-state index is 0.0199. The molecule has 7 heteroatoms. The van der Waals surface area contributed by atoms with Gasteiger partial charge in [0.15, 0.2) is 5.69 Å². The van der Waals surface area contributed by atoms with Crippen LogP contribution in [0.15, 0.2) is 79.0 Å². The number of aromatic nitrogens is 2. The van der Waals surface area contributed by atoms with Gasteiger partial charge in [-0.1, -0.05) is 36.4 Å². The lowest BCUT2D eigenvalue weighted by molar-refractivity contribution is 0.0742. The minimum atomic E-state index is -2.79. The predicted molar refractivity (Wildman–Crippen MR) is 103 cm³/mol. The van der Waals surface area contributed by atoms with Crippen LogP contribution < -0.4 is 5.32 Å². The van der Waals surface area contributed by atoms with Crippen LogP contribution in [-0.2, 0) is 0 Å². The monoisotopic (exact) mass is 395 g/mol. The zero-order valence-corrected chi connectivity index (χ0v) is 15.1. The molecule has 146 valence electrons. The minimum Gasteiger partial charge on any atom is -0.338 e. The molecule has 0 bridgehead atoms. The number of amides is 1. The number of fused-ring (bicyclic) bond motifs is 1. The number of hydrogen-bond acceptors (Lipinski definition) is 2. The molecule has 2 aromatic heterocycles. The molecule has 1 unspecified atom stereocenters. The lowest BCUT2D eigenvalue weighted by atomic mass is 10.1. The predicted octanol–water partition coefficient (Wildman–Crippen LogP) is 4.88. The van der Waals surface area contributed by atoms with E-state index in [0.29, 0.717) is 22.5 Å². The number of benzene rings is 2. The highest BCUT2D eigenvalue weighted by Gasteiger charge is 2.27. The second-order valence-electron chi connectivity index (χ2n) is 6.44. The maximum atomic E-state index is 13.6. The Morgan fingerprint density at radius 3 is 2.31 bits per heavy atom. The van der Waals surface area contributed by atoms with Crippen molar-refractivity contribution in [3.05, 3.63) is 96.1 Å². The fraction of sp³-hybridized carbons (Fsp3) is 0.0909.